The monoisotopic (exact) mass is 808 g/mol. The average Bonchev–Trinajstić information content (AvgIpc) is 3.17. The van der Waals surface area contributed by atoms with E-state index in [2.05, 4.69) is 40.7 Å². The fraction of sp³-hybridized carbons (Fsp3) is 0.907. The molecule has 0 aromatic rings. The van der Waals surface area contributed by atoms with Crippen LogP contribution in [0, 0.1) is 50.2 Å². The molecule has 14 nitrogen and oxygen atoms in total. The van der Waals surface area contributed by atoms with E-state index in [1.54, 1.807) is 6.92 Å². The number of methoxy groups -OCH3 is 1. The first-order valence-electron chi connectivity index (χ1n) is 21.2. The van der Waals surface area contributed by atoms with E-state index >= 15 is 0 Å². The van der Waals surface area contributed by atoms with Crippen molar-refractivity contribution in [1.82, 2.24) is 0 Å². The molecule has 7 rings (SSSR count). The quantitative estimate of drug-likeness (QED) is 0.117. The Kier molecular flexibility index (Phi) is 11.2. The maximum Gasteiger partial charge on any atom is 0.314 e. The lowest BCUT2D eigenvalue weighted by Crippen LogP contribution is -2.66. The zero-order valence-electron chi connectivity index (χ0n) is 34.9. The Bertz CT molecular complexity index is 1580. The van der Waals surface area contributed by atoms with E-state index in [0.29, 0.717) is 31.6 Å². The van der Waals surface area contributed by atoms with Gasteiger partial charge in [0.05, 0.1) is 36.8 Å². The summed E-state index contributed by atoms with van der Waals surface area (Å²) in [6, 6.07) is 0. The summed E-state index contributed by atoms with van der Waals surface area (Å²) in [5.74, 6) is -0.637. The average molecular weight is 809 g/mol. The van der Waals surface area contributed by atoms with Gasteiger partial charge < -0.3 is 59.4 Å². The second kappa shape index (κ2) is 14.7. The maximum atomic E-state index is 14.1. The molecule has 324 valence electrons. The molecule has 7 N–H and O–H groups in total. The van der Waals surface area contributed by atoms with Gasteiger partial charge in [0.1, 0.15) is 42.7 Å². The van der Waals surface area contributed by atoms with Crippen molar-refractivity contribution in [3.63, 3.8) is 0 Å². The summed E-state index contributed by atoms with van der Waals surface area (Å²) >= 11 is 0. The fourth-order valence-corrected chi connectivity index (χ4v) is 13.8. The molecule has 2 heterocycles. The van der Waals surface area contributed by atoms with Crippen LogP contribution < -0.4 is 0 Å². The third-order valence-corrected chi connectivity index (χ3v) is 17.6. The van der Waals surface area contributed by atoms with Crippen LogP contribution in [0.15, 0.2) is 11.6 Å². The SMILES string of the molecule is COC(=O)C12CCC(C)(C(=O)OC3OC(CO)C(O)C(O)C3O)CC1C1=CCC3C4(C)CCC(OC5OC(C)C(O)C(O)C5O)C(C)(C)C4CCC3(C)C1(C)CC2. The topological polar surface area (TPSA) is 222 Å². The molecule has 7 aliphatic rings. The van der Waals surface area contributed by atoms with E-state index in [4.69, 9.17) is 23.7 Å². The summed E-state index contributed by atoms with van der Waals surface area (Å²) in [5, 5.41) is 72.6. The Labute approximate surface area is 336 Å². The number of rotatable bonds is 6. The molecule has 14 heteroatoms. The van der Waals surface area contributed by atoms with E-state index in [1.807, 2.05) is 6.92 Å². The normalized spacial score (nSPS) is 53.2. The number of esters is 2. The number of aliphatic hydroxyl groups excluding tert-OH is 7. The smallest absolute Gasteiger partial charge is 0.314 e. The molecule has 6 fully saturated rings. The molecular weight excluding hydrogens is 740 g/mol. The number of carbonyl (C=O) groups excluding carboxylic acids is 2. The Balaban J connectivity index is 1.16. The summed E-state index contributed by atoms with van der Waals surface area (Å²) in [6.45, 7) is 14.5. The van der Waals surface area contributed by atoms with Gasteiger partial charge >= 0.3 is 11.9 Å². The van der Waals surface area contributed by atoms with Gasteiger partial charge in [-0.2, -0.15) is 0 Å². The number of fused-ring (bicyclic) bond motifs is 7. The van der Waals surface area contributed by atoms with Crippen molar-refractivity contribution in [3.8, 4) is 0 Å². The molecule has 0 aromatic heterocycles. The molecule has 0 amide bonds. The third kappa shape index (κ3) is 6.31. The minimum absolute atomic E-state index is 0.0659. The maximum absolute atomic E-state index is 14.1. The zero-order chi connectivity index (χ0) is 41.8. The molecule has 4 saturated carbocycles. The number of ether oxygens (including phenoxy) is 5. The van der Waals surface area contributed by atoms with Gasteiger partial charge in [-0.15, -0.1) is 0 Å². The predicted octanol–water partition coefficient (Wildman–Crippen LogP) is 2.50. The molecule has 19 unspecified atom stereocenters. The van der Waals surface area contributed by atoms with Crippen LogP contribution in [0.1, 0.15) is 113 Å². The van der Waals surface area contributed by atoms with E-state index in [0.717, 1.165) is 38.5 Å². The largest absolute Gasteiger partial charge is 0.469 e. The Hall–Kier alpha value is -1.72. The highest BCUT2D eigenvalue weighted by molar-refractivity contribution is 5.81. The van der Waals surface area contributed by atoms with Crippen molar-refractivity contribution in [1.29, 1.82) is 0 Å². The molecule has 2 aliphatic heterocycles. The summed E-state index contributed by atoms with van der Waals surface area (Å²) in [4.78, 5) is 28.1. The van der Waals surface area contributed by atoms with Gasteiger partial charge in [-0.3, -0.25) is 9.59 Å². The van der Waals surface area contributed by atoms with Crippen molar-refractivity contribution in [2.45, 2.75) is 180 Å². The van der Waals surface area contributed by atoms with Gasteiger partial charge in [0.25, 0.3) is 0 Å². The summed E-state index contributed by atoms with van der Waals surface area (Å²) in [7, 11) is 1.42. The van der Waals surface area contributed by atoms with Gasteiger partial charge in [0.15, 0.2) is 6.29 Å². The Morgan fingerprint density at radius 2 is 1.40 bits per heavy atom. The van der Waals surface area contributed by atoms with Crippen molar-refractivity contribution >= 4 is 11.9 Å². The third-order valence-electron chi connectivity index (χ3n) is 17.6. The van der Waals surface area contributed by atoms with Gasteiger partial charge in [0, 0.05) is 0 Å². The fourth-order valence-electron chi connectivity index (χ4n) is 13.8. The molecule has 5 aliphatic carbocycles. The zero-order valence-corrected chi connectivity index (χ0v) is 34.9. The number of hydrogen-bond donors (Lipinski definition) is 7. The molecular formula is C43H68O14. The molecule has 0 radical (unpaired) electrons. The first-order valence-corrected chi connectivity index (χ1v) is 21.2. The first-order chi connectivity index (χ1) is 26.6. The number of carbonyl (C=O) groups is 2. The molecule has 0 aromatic carbocycles. The van der Waals surface area contributed by atoms with Crippen LogP contribution in [0.3, 0.4) is 0 Å². The van der Waals surface area contributed by atoms with E-state index in [9.17, 15) is 45.3 Å². The molecule has 57 heavy (non-hydrogen) atoms. The minimum atomic E-state index is -1.72. The predicted molar refractivity (Wildman–Crippen MR) is 202 cm³/mol. The standard InChI is InChI=1S/C43H68O14/c1-21-28(45)30(47)32(49)34(54-21)56-27-12-13-40(5)25(38(27,2)3)11-14-42(7)26(40)10-9-22-23-19-39(4,15-17-43(23,37(52)53-8)18-16-41(22,42)6)36(51)57-35-33(50)31(48)29(46)24(20-44)55-35/h9,21,23-35,44-50H,10-20H2,1-8H3. The molecule has 2 saturated heterocycles. The lowest BCUT2D eigenvalue weighted by atomic mass is 9.33. The molecule has 19 atom stereocenters. The lowest BCUT2D eigenvalue weighted by molar-refractivity contribution is -0.324. The molecule has 0 bridgehead atoms. The van der Waals surface area contributed by atoms with Crippen LogP contribution in [0.5, 0.6) is 0 Å². The highest BCUT2D eigenvalue weighted by atomic mass is 16.7. The highest BCUT2D eigenvalue weighted by Crippen LogP contribution is 2.76. The van der Waals surface area contributed by atoms with Gasteiger partial charge in [0.2, 0.25) is 6.29 Å². The molecule has 0 spiro atoms. The van der Waals surface area contributed by atoms with Gasteiger partial charge in [-0.1, -0.05) is 46.3 Å². The lowest BCUT2D eigenvalue weighted by Gasteiger charge is -2.71. The van der Waals surface area contributed by atoms with E-state index < -0.39 is 84.8 Å². The summed E-state index contributed by atoms with van der Waals surface area (Å²) < 4.78 is 29.2. The van der Waals surface area contributed by atoms with E-state index in [1.165, 1.54) is 12.7 Å². The van der Waals surface area contributed by atoms with Crippen LogP contribution in [-0.2, 0) is 33.3 Å². The number of aliphatic hydroxyl groups is 7. The minimum Gasteiger partial charge on any atom is -0.469 e. The Morgan fingerprint density at radius 1 is 0.754 bits per heavy atom. The van der Waals surface area contributed by atoms with E-state index in [-0.39, 0.29) is 45.6 Å². The second-order valence-corrected chi connectivity index (χ2v) is 20.5. The summed E-state index contributed by atoms with van der Waals surface area (Å²) in [5.41, 5.74) is -1.51. The van der Waals surface area contributed by atoms with Crippen LogP contribution in [-0.4, -0.2) is 129 Å². The number of hydrogen-bond acceptors (Lipinski definition) is 14. The van der Waals surface area contributed by atoms with Crippen molar-refractivity contribution in [2.75, 3.05) is 13.7 Å². The van der Waals surface area contributed by atoms with Crippen LogP contribution in [0.4, 0.5) is 0 Å². The second-order valence-electron chi connectivity index (χ2n) is 20.5. The van der Waals surface area contributed by atoms with Crippen molar-refractivity contribution in [2.24, 2.45) is 50.2 Å². The first kappa shape index (κ1) is 43.4. The van der Waals surface area contributed by atoms with Crippen LogP contribution in [0.2, 0.25) is 0 Å². The number of allylic oxidation sites excluding steroid dienone is 2. The summed E-state index contributed by atoms with van der Waals surface area (Å²) in [6.07, 6.45) is -4.54. The Morgan fingerprint density at radius 3 is 2.07 bits per heavy atom. The highest BCUT2D eigenvalue weighted by Gasteiger charge is 2.70. The van der Waals surface area contributed by atoms with Crippen LogP contribution in [0.25, 0.3) is 0 Å². The van der Waals surface area contributed by atoms with Gasteiger partial charge in [-0.25, -0.2) is 0 Å². The van der Waals surface area contributed by atoms with Crippen molar-refractivity contribution < 1.29 is 69.0 Å². The van der Waals surface area contributed by atoms with Crippen LogP contribution >= 0.6 is 0 Å². The van der Waals surface area contributed by atoms with Gasteiger partial charge in [-0.05, 0) is 117 Å². The van der Waals surface area contributed by atoms with Crippen molar-refractivity contribution in [3.05, 3.63) is 11.6 Å².